The standard InChI is InChI=1S/C11H13FO/c1-2-13-9-5-7-10-6-3-4-8-11(10)12/h2-4,6,8H,1,5,7,9H2. The molecule has 0 amide bonds. The molecule has 1 aromatic rings. The van der Waals surface area contributed by atoms with Gasteiger partial charge in [0.15, 0.2) is 0 Å². The molecule has 1 nitrogen and oxygen atoms in total. The summed E-state index contributed by atoms with van der Waals surface area (Å²) in [5, 5.41) is 0. The number of rotatable bonds is 5. The van der Waals surface area contributed by atoms with Crippen molar-refractivity contribution >= 4 is 0 Å². The summed E-state index contributed by atoms with van der Waals surface area (Å²) in [6, 6.07) is 6.80. The van der Waals surface area contributed by atoms with Crippen molar-refractivity contribution in [2.75, 3.05) is 6.61 Å². The molecule has 0 bridgehead atoms. The van der Waals surface area contributed by atoms with Gasteiger partial charge in [0.05, 0.1) is 12.9 Å². The van der Waals surface area contributed by atoms with Gasteiger partial charge in [0, 0.05) is 0 Å². The predicted octanol–water partition coefficient (Wildman–Crippen LogP) is 2.92. The smallest absolute Gasteiger partial charge is 0.126 e. The predicted molar refractivity (Wildman–Crippen MR) is 50.9 cm³/mol. The zero-order valence-corrected chi connectivity index (χ0v) is 7.50. The number of halogens is 1. The maximum Gasteiger partial charge on any atom is 0.126 e. The Morgan fingerprint density at radius 1 is 1.38 bits per heavy atom. The third-order valence-electron chi connectivity index (χ3n) is 1.78. The molecule has 13 heavy (non-hydrogen) atoms. The molecule has 0 unspecified atom stereocenters. The van der Waals surface area contributed by atoms with E-state index in [-0.39, 0.29) is 5.82 Å². The van der Waals surface area contributed by atoms with Crippen molar-refractivity contribution in [3.05, 3.63) is 48.5 Å². The second-order valence-electron chi connectivity index (χ2n) is 2.73. The Labute approximate surface area is 77.8 Å². The normalized spacial score (nSPS) is 9.62. The Morgan fingerprint density at radius 2 is 2.15 bits per heavy atom. The van der Waals surface area contributed by atoms with Crippen LogP contribution in [0.25, 0.3) is 0 Å². The van der Waals surface area contributed by atoms with Gasteiger partial charge in [-0.05, 0) is 24.5 Å². The van der Waals surface area contributed by atoms with Crippen LogP contribution in [0.5, 0.6) is 0 Å². The van der Waals surface area contributed by atoms with Crippen LogP contribution in [0.4, 0.5) is 4.39 Å². The Morgan fingerprint density at radius 3 is 2.85 bits per heavy atom. The Kier molecular flexibility index (Phi) is 4.03. The van der Waals surface area contributed by atoms with Crippen LogP contribution in [0, 0.1) is 5.82 Å². The van der Waals surface area contributed by atoms with Crippen LogP contribution < -0.4 is 0 Å². The third-order valence-corrected chi connectivity index (χ3v) is 1.78. The largest absolute Gasteiger partial charge is 0.502 e. The van der Waals surface area contributed by atoms with Gasteiger partial charge in [-0.25, -0.2) is 4.39 Å². The number of benzene rings is 1. The fraction of sp³-hybridized carbons (Fsp3) is 0.273. The molecule has 0 aromatic heterocycles. The van der Waals surface area contributed by atoms with Gasteiger partial charge in [0.25, 0.3) is 0 Å². The minimum atomic E-state index is -0.138. The maximum absolute atomic E-state index is 13.0. The van der Waals surface area contributed by atoms with Crippen LogP contribution >= 0.6 is 0 Å². The molecule has 0 fully saturated rings. The molecule has 0 N–H and O–H groups in total. The van der Waals surface area contributed by atoms with Gasteiger partial charge < -0.3 is 4.74 Å². The van der Waals surface area contributed by atoms with Gasteiger partial charge >= 0.3 is 0 Å². The molecular weight excluding hydrogens is 167 g/mol. The van der Waals surface area contributed by atoms with Gasteiger partial charge in [-0.3, -0.25) is 0 Å². The summed E-state index contributed by atoms with van der Waals surface area (Å²) in [5.41, 5.74) is 0.746. The lowest BCUT2D eigenvalue weighted by Gasteiger charge is -2.02. The van der Waals surface area contributed by atoms with Gasteiger partial charge in [0.2, 0.25) is 0 Å². The van der Waals surface area contributed by atoms with Crippen LogP contribution in [0.1, 0.15) is 12.0 Å². The van der Waals surface area contributed by atoms with Crippen molar-refractivity contribution < 1.29 is 9.13 Å². The minimum Gasteiger partial charge on any atom is -0.502 e. The van der Waals surface area contributed by atoms with E-state index in [2.05, 4.69) is 6.58 Å². The second-order valence-corrected chi connectivity index (χ2v) is 2.73. The highest BCUT2D eigenvalue weighted by Crippen LogP contribution is 2.08. The molecule has 1 aromatic carbocycles. The van der Waals surface area contributed by atoms with Gasteiger partial charge in [-0.15, -0.1) is 0 Å². The molecule has 70 valence electrons. The number of hydrogen-bond acceptors (Lipinski definition) is 1. The van der Waals surface area contributed by atoms with Crippen LogP contribution in [0.3, 0.4) is 0 Å². The number of aryl methyl sites for hydroxylation is 1. The van der Waals surface area contributed by atoms with Gasteiger partial charge in [-0.2, -0.15) is 0 Å². The van der Waals surface area contributed by atoms with E-state index in [0.29, 0.717) is 13.0 Å². The molecule has 1 rings (SSSR count). The highest BCUT2D eigenvalue weighted by molar-refractivity contribution is 5.17. The molecule has 0 saturated carbocycles. The van der Waals surface area contributed by atoms with Crippen molar-refractivity contribution in [2.24, 2.45) is 0 Å². The highest BCUT2D eigenvalue weighted by Gasteiger charge is 1.98. The number of ether oxygens (including phenoxy) is 1. The second kappa shape index (κ2) is 5.36. The van der Waals surface area contributed by atoms with Crippen LogP contribution in [-0.4, -0.2) is 6.61 Å². The van der Waals surface area contributed by atoms with Crippen molar-refractivity contribution in [2.45, 2.75) is 12.8 Å². The molecule has 0 heterocycles. The van der Waals surface area contributed by atoms with Crippen molar-refractivity contribution in [1.82, 2.24) is 0 Å². The molecule has 0 aliphatic rings. The van der Waals surface area contributed by atoms with Gasteiger partial charge in [0.1, 0.15) is 5.82 Å². The average molecular weight is 180 g/mol. The lowest BCUT2D eigenvalue weighted by molar-refractivity contribution is 0.246. The molecule has 0 aliphatic carbocycles. The van der Waals surface area contributed by atoms with E-state index in [1.807, 2.05) is 6.07 Å². The first-order chi connectivity index (χ1) is 6.34. The summed E-state index contributed by atoms with van der Waals surface area (Å²) in [5.74, 6) is -0.138. The number of hydrogen-bond donors (Lipinski definition) is 0. The van der Waals surface area contributed by atoms with Gasteiger partial charge in [-0.1, -0.05) is 24.8 Å². The molecular formula is C11H13FO. The lowest BCUT2D eigenvalue weighted by atomic mass is 10.1. The summed E-state index contributed by atoms with van der Waals surface area (Å²) in [4.78, 5) is 0. The van der Waals surface area contributed by atoms with Crippen molar-refractivity contribution in [1.29, 1.82) is 0 Å². The van der Waals surface area contributed by atoms with Crippen LogP contribution in [-0.2, 0) is 11.2 Å². The van der Waals surface area contributed by atoms with E-state index >= 15 is 0 Å². The maximum atomic E-state index is 13.0. The summed E-state index contributed by atoms with van der Waals surface area (Å²) in [6.07, 6.45) is 2.93. The van der Waals surface area contributed by atoms with E-state index in [1.54, 1.807) is 12.1 Å². The van der Waals surface area contributed by atoms with E-state index in [0.717, 1.165) is 12.0 Å². The quantitative estimate of drug-likeness (QED) is 0.500. The zero-order valence-electron chi connectivity index (χ0n) is 7.50. The summed E-state index contributed by atoms with van der Waals surface area (Å²) in [6.45, 7) is 4.02. The van der Waals surface area contributed by atoms with Crippen LogP contribution in [0.15, 0.2) is 37.1 Å². The first kappa shape index (κ1) is 9.78. The summed E-state index contributed by atoms with van der Waals surface area (Å²) >= 11 is 0. The molecule has 0 aliphatic heterocycles. The fourth-order valence-electron chi connectivity index (χ4n) is 1.13. The lowest BCUT2D eigenvalue weighted by Crippen LogP contribution is -1.94. The van der Waals surface area contributed by atoms with Crippen molar-refractivity contribution in [3.63, 3.8) is 0 Å². The average Bonchev–Trinajstić information content (AvgIpc) is 2.15. The molecule has 2 heteroatoms. The van der Waals surface area contributed by atoms with Crippen molar-refractivity contribution in [3.8, 4) is 0 Å². The first-order valence-corrected chi connectivity index (χ1v) is 4.30. The zero-order chi connectivity index (χ0) is 9.52. The summed E-state index contributed by atoms with van der Waals surface area (Å²) < 4.78 is 18.0. The van der Waals surface area contributed by atoms with E-state index in [9.17, 15) is 4.39 Å². The topological polar surface area (TPSA) is 9.23 Å². The fourth-order valence-corrected chi connectivity index (χ4v) is 1.13. The monoisotopic (exact) mass is 180 g/mol. The van der Waals surface area contributed by atoms with E-state index in [4.69, 9.17) is 4.74 Å². The molecule has 0 atom stereocenters. The molecule has 0 spiro atoms. The summed E-state index contributed by atoms with van der Waals surface area (Å²) in [7, 11) is 0. The Hall–Kier alpha value is -1.31. The molecule has 0 radical (unpaired) electrons. The minimum absolute atomic E-state index is 0.138. The highest BCUT2D eigenvalue weighted by atomic mass is 19.1. The third kappa shape index (κ3) is 3.28. The first-order valence-electron chi connectivity index (χ1n) is 4.30. The Bertz CT molecular complexity index is 271. The SMILES string of the molecule is C=COCCCc1ccccc1F. The Balaban J connectivity index is 2.36. The van der Waals surface area contributed by atoms with Crippen LogP contribution in [0.2, 0.25) is 0 Å². The van der Waals surface area contributed by atoms with E-state index in [1.165, 1.54) is 12.3 Å². The molecule has 0 saturated heterocycles. The van der Waals surface area contributed by atoms with E-state index < -0.39 is 0 Å².